The lowest BCUT2D eigenvalue weighted by atomic mass is 10.1. The maximum absolute atomic E-state index is 13.1. The topological polar surface area (TPSA) is 237 Å². The number of unbranched alkanes of at least 4 members (excludes halogenated alkanes) is 9. The summed E-state index contributed by atoms with van der Waals surface area (Å²) in [5, 5.41) is 10.6. The molecule has 5 unspecified atom stereocenters. The van der Waals surface area contributed by atoms with Crippen molar-refractivity contribution < 1.29 is 80.2 Å². The van der Waals surface area contributed by atoms with E-state index in [1.165, 1.54) is 19.3 Å². The summed E-state index contributed by atoms with van der Waals surface area (Å²) < 4.78 is 68.2. The van der Waals surface area contributed by atoms with E-state index in [4.69, 9.17) is 37.0 Å². The Kier molecular flexibility index (Phi) is 71.8. The fraction of sp³-hybridized carbons (Fsp3) is 0.540. The van der Waals surface area contributed by atoms with Crippen LogP contribution in [-0.2, 0) is 65.4 Å². The van der Waals surface area contributed by atoms with Gasteiger partial charge in [0.1, 0.15) is 19.3 Å². The highest BCUT2D eigenvalue weighted by atomic mass is 31.2. The van der Waals surface area contributed by atoms with Crippen LogP contribution in [0.2, 0.25) is 0 Å². The third-order valence-electron chi connectivity index (χ3n) is 15.0. The van der Waals surface area contributed by atoms with Crippen LogP contribution in [-0.4, -0.2) is 96.7 Å². The van der Waals surface area contributed by atoms with Crippen LogP contribution < -0.4 is 0 Å². The van der Waals surface area contributed by atoms with Crippen LogP contribution in [0, 0.1) is 0 Å². The fourth-order valence-electron chi connectivity index (χ4n) is 9.15. The number of hydrogen-bond acceptors (Lipinski definition) is 15. The molecule has 19 heteroatoms. The summed E-state index contributed by atoms with van der Waals surface area (Å²) in [4.78, 5) is 72.9. The van der Waals surface area contributed by atoms with E-state index in [1.54, 1.807) is 12.2 Å². The van der Waals surface area contributed by atoms with Crippen LogP contribution in [0.25, 0.3) is 0 Å². The Hall–Kier alpha value is -6.62. The summed E-state index contributed by atoms with van der Waals surface area (Å²) in [6.07, 6.45) is 96.9. The summed E-state index contributed by atoms with van der Waals surface area (Å²) in [6, 6.07) is 0. The van der Waals surface area contributed by atoms with E-state index in [2.05, 4.69) is 192 Å². The molecule has 0 aromatic heterocycles. The lowest BCUT2D eigenvalue weighted by Crippen LogP contribution is -2.30. The molecular formula is C87H134O17P2. The fourth-order valence-corrected chi connectivity index (χ4v) is 10.7. The number of esters is 4. The molecule has 0 aliphatic carbocycles. The Morgan fingerprint density at radius 1 is 0.283 bits per heavy atom. The lowest BCUT2D eigenvalue weighted by molar-refractivity contribution is -0.161. The SMILES string of the molecule is CC/C=C\C/C=C\C/C=C\C/C=C\C/C=C\C/C=C\CCC(=O)OCC(COP(=O)(O)OCC(O)COP(=O)(O)OCC(COC(=O)CCC/C=C\C/C=C\C/C=C\C/C=C\C/C=C\CC)OC(=O)CCCCCCC/C=C\C/C=C\CCCCC)OC(=O)C/C=C\C/C=C\C/C=C\C/C=C\C/C=C\CC. The molecule has 0 aromatic rings. The van der Waals surface area contributed by atoms with E-state index in [0.29, 0.717) is 38.5 Å². The number of hydrogen-bond donors (Lipinski definition) is 3. The first kappa shape index (κ1) is 99.4. The van der Waals surface area contributed by atoms with E-state index in [0.717, 1.165) is 135 Å². The number of aliphatic hydroxyl groups is 1. The van der Waals surface area contributed by atoms with Crippen molar-refractivity contribution in [1.82, 2.24) is 0 Å². The number of carbonyl (C=O) groups excluding carboxylic acids is 4. The third kappa shape index (κ3) is 75.6. The van der Waals surface area contributed by atoms with E-state index in [1.807, 2.05) is 42.5 Å². The molecule has 0 heterocycles. The van der Waals surface area contributed by atoms with Gasteiger partial charge in [-0.25, -0.2) is 9.13 Å². The second-order valence-corrected chi connectivity index (χ2v) is 27.7. The predicted molar refractivity (Wildman–Crippen MR) is 435 cm³/mol. The monoisotopic (exact) mass is 1510 g/mol. The molecule has 0 aliphatic rings. The summed E-state index contributed by atoms with van der Waals surface area (Å²) in [6.45, 7) is 4.17. The zero-order valence-electron chi connectivity index (χ0n) is 64.8. The van der Waals surface area contributed by atoms with Crippen molar-refractivity contribution in [2.45, 2.75) is 264 Å². The van der Waals surface area contributed by atoms with Crippen molar-refractivity contribution in [2.75, 3.05) is 39.6 Å². The second-order valence-electron chi connectivity index (χ2n) is 24.8. The van der Waals surface area contributed by atoms with Crippen LogP contribution in [0.5, 0.6) is 0 Å². The molecule has 0 spiro atoms. The van der Waals surface area contributed by atoms with Gasteiger partial charge in [0.2, 0.25) is 0 Å². The molecule has 0 aromatic carbocycles. The molecule has 0 radical (unpaired) electrons. The number of rotatable bonds is 70. The molecule has 106 heavy (non-hydrogen) atoms. The van der Waals surface area contributed by atoms with Gasteiger partial charge in [0.25, 0.3) is 0 Å². The van der Waals surface area contributed by atoms with Crippen LogP contribution in [0.4, 0.5) is 0 Å². The smallest absolute Gasteiger partial charge is 0.462 e. The van der Waals surface area contributed by atoms with E-state index in [9.17, 15) is 43.2 Å². The van der Waals surface area contributed by atoms with Gasteiger partial charge in [0, 0.05) is 19.3 Å². The van der Waals surface area contributed by atoms with Gasteiger partial charge < -0.3 is 33.8 Å². The Bertz CT molecular complexity index is 2880. The van der Waals surface area contributed by atoms with Gasteiger partial charge in [-0.15, -0.1) is 0 Å². The van der Waals surface area contributed by atoms with Crippen molar-refractivity contribution in [3.05, 3.63) is 219 Å². The highest BCUT2D eigenvalue weighted by Crippen LogP contribution is 2.45. The van der Waals surface area contributed by atoms with Crippen molar-refractivity contribution in [3.8, 4) is 0 Å². The van der Waals surface area contributed by atoms with Crippen molar-refractivity contribution in [3.63, 3.8) is 0 Å². The van der Waals surface area contributed by atoms with Crippen LogP contribution >= 0.6 is 15.6 Å². The normalized spacial score (nSPS) is 15.0. The molecule has 0 amide bonds. The minimum absolute atomic E-state index is 0.00562. The molecule has 17 nitrogen and oxygen atoms in total. The zero-order chi connectivity index (χ0) is 77.4. The Balaban J connectivity index is 5.58. The van der Waals surface area contributed by atoms with Crippen molar-refractivity contribution in [1.29, 1.82) is 0 Å². The molecule has 0 bridgehead atoms. The summed E-state index contributed by atoms with van der Waals surface area (Å²) in [5.74, 6) is -2.54. The standard InChI is InChI=1S/C87H134O17P2/c1-5-9-13-17-21-25-29-33-37-39-40-42-46-48-52-56-60-64-68-72-85(90)98-78-83(104-87(92)74-70-66-62-58-54-50-44-36-32-28-24-20-16-12-8-4)80-102-106(95,96)100-76-81(88)75-99-105(93,94)101-79-82(103-86(91)73-69-65-61-57-53-49-43-35-31-27-23-19-15-11-7-3)77-97-84(89)71-67-63-59-55-51-47-45-41-38-34-30-26-22-18-14-10-6-2/h9-10,12-14,16,21-28,33-38,40,42-45,47-48,52,54-55,58-60,64,66,70,81-83,88H,5-8,11,15,17-20,29-32,39,41,46,49-51,53,56-57,61-63,65,67-69,71-80H2,1-4H3,(H,93,94)(H,95,96)/b13-9-,14-10-,16-12-,25-21-,26-22-,27-23-,28-24-,37-33-,38-34-,42-40-,43-35-,44-36-,47-45-,52-48-,58-54-,59-55-,64-60-,70-66-. The third-order valence-corrected chi connectivity index (χ3v) is 16.9. The Morgan fingerprint density at radius 3 is 0.925 bits per heavy atom. The molecule has 0 aliphatic heterocycles. The number of ether oxygens (including phenoxy) is 4. The Labute approximate surface area is 639 Å². The van der Waals surface area contributed by atoms with Gasteiger partial charge in [0.15, 0.2) is 12.2 Å². The Morgan fingerprint density at radius 2 is 0.557 bits per heavy atom. The first-order chi connectivity index (χ1) is 51.7. The zero-order valence-corrected chi connectivity index (χ0v) is 66.5. The van der Waals surface area contributed by atoms with Gasteiger partial charge in [-0.3, -0.25) is 37.3 Å². The summed E-state index contributed by atoms with van der Waals surface area (Å²) in [5.41, 5.74) is 0. The van der Waals surface area contributed by atoms with Crippen LogP contribution in [0.15, 0.2) is 219 Å². The predicted octanol–water partition coefficient (Wildman–Crippen LogP) is 22.9. The molecule has 0 saturated heterocycles. The molecule has 0 saturated carbocycles. The molecule has 3 N–H and O–H groups in total. The number of phosphoric acid groups is 2. The van der Waals surface area contributed by atoms with E-state index in [-0.39, 0.29) is 25.7 Å². The van der Waals surface area contributed by atoms with Gasteiger partial charge in [-0.1, -0.05) is 279 Å². The lowest BCUT2D eigenvalue weighted by Gasteiger charge is -2.21. The number of phosphoric ester groups is 2. The highest BCUT2D eigenvalue weighted by molar-refractivity contribution is 7.47. The van der Waals surface area contributed by atoms with Gasteiger partial charge in [-0.2, -0.15) is 0 Å². The van der Waals surface area contributed by atoms with E-state index < -0.39 is 97.5 Å². The second kappa shape index (κ2) is 76.6. The maximum atomic E-state index is 13.1. The van der Waals surface area contributed by atoms with Crippen molar-refractivity contribution >= 4 is 39.5 Å². The first-order valence-corrected chi connectivity index (χ1v) is 42.0. The van der Waals surface area contributed by atoms with Crippen LogP contribution in [0.3, 0.4) is 0 Å². The average Bonchev–Trinajstić information content (AvgIpc) is 0.909. The quantitative estimate of drug-likeness (QED) is 0.0169. The molecule has 0 rings (SSSR count). The maximum Gasteiger partial charge on any atom is 0.472 e. The summed E-state index contributed by atoms with van der Waals surface area (Å²) >= 11 is 0. The minimum Gasteiger partial charge on any atom is -0.462 e. The van der Waals surface area contributed by atoms with Crippen LogP contribution in [0.1, 0.15) is 246 Å². The summed E-state index contributed by atoms with van der Waals surface area (Å²) in [7, 11) is -10.1. The molecular weight excluding hydrogens is 1380 g/mol. The van der Waals surface area contributed by atoms with Gasteiger partial charge in [0.05, 0.1) is 32.8 Å². The van der Waals surface area contributed by atoms with Crippen molar-refractivity contribution in [2.24, 2.45) is 0 Å². The number of aliphatic hydroxyl groups excluding tert-OH is 1. The number of allylic oxidation sites excluding steroid dienone is 35. The van der Waals surface area contributed by atoms with E-state index >= 15 is 0 Å². The largest absolute Gasteiger partial charge is 0.472 e. The first-order valence-electron chi connectivity index (χ1n) is 39.0. The van der Waals surface area contributed by atoms with Gasteiger partial charge in [-0.05, 0) is 161 Å². The average molecular weight is 1510 g/mol. The molecule has 0 fully saturated rings. The number of carbonyl (C=O) groups is 4. The minimum atomic E-state index is -5.04. The molecule has 594 valence electrons. The highest BCUT2D eigenvalue weighted by Gasteiger charge is 2.30. The molecule has 5 atom stereocenters. The van der Waals surface area contributed by atoms with Gasteiger partial charge >= 0.3 is 39.5 Å².